The van der Waals surface area contributed by atoms with Crippen LogP contribution in [0.3, 0.4) is 0 Å². The number of hydrogen-bond acceptors (Lipinski definition) is 5. The fourth-order valence-electron chi connectivity index (χ4n) is 2.05. The van der Waals surface area contributed by atoms with E-state index in [-0.39, 0.29) is 17.0 Å². The van der Waals surface area contributed by atoms with Gasteiger partial charge in [-0.2, -0.15) is 5.10 Å². The highest BCUT2D eigenvalue weighted by Gasteiger charge is 2.09. The predicted molar refractivity (Wildman–Crippen MR) is 93.7 cm³/mol. The second-order valence-electron chi connectivity index (χ2n) is 4.91. The number of halogens is 1. The lowest BCUT2D eigenvalue weighted by atomic mass is 10.1. The molecular weight excluding hydrogens is 376 g/mol. The molecule has 3 rings (SSSR count). The summed E-state index contributed by atoms with van der Waals surface area (Å²) in [6.07, 6.45) is 1.34. The molecule has 8 heteroatoms. The summed E-state index contributed by atoms with van der Waals surface area (Å²) in [4.78, 5) is 14.4. The topological polar surface area (TPSA) is 104 Å². The van der Waals surface area contributed by atoms with Gasteiger partial charge in [0.2, 0.25) is 0 Å². The van der Waals surface area contributed by atoms with Crippen LogP contribution in [-0.2, 0) is 0 Å². The third kappa shape index (κ3) is 3.49. The molecule has 0 aliphatic heterocycles. The highest BCUT2D eigenvalue weighted by atomic mass is 79.9. The van der Waals surface area contributed by atoms with E-state index in [1.54, 1.807) is 6.07 Å². The maximum atomic E-state index is 10.8. The largest absolute Gasteiger partial charge is 0.507 e. The lowest BCUT2D eigenvalue weighted by Gasteiger charge is -1.97. The summed E-state index contributed by atoms with van der Waals surface area (Å²) in [6, 6.07) is 13.2. The molecule has 0 fully saturated rings. The fraction of sp³-hybridized carbons (Fsp3) is 0. The molecule has 7 nitrogen and oxygen atoms in total. The standard InChI is InChI=1S/C16H11BrN4O3/c17-12-3-1-10(2-4-12)14-8-16(20-19-14)18-9-11-7-13(21(23)24)5-6-15(11)22/h1-9,22H,(H,19,20). The van der Waals surface area contributed by atoms with E-state index in [4.69, 9.17) is 0 Å². The third-order valence-electron chi connectivity index (χ3n) is 3.28. The van der Waals surface area contributed by atoms with Crippen LogP contribution >= 0.6 is 15.9 Å². The van der Waals surface area contributed by atoms with Crippen molar-refractivity contribution >= 4 is 33.6 Å². The molecule has 2 N–H and O–H groups in total. The zero-order chi connectivity index (χ0) is 17.1. The number of nitro benzene ring substituents is 1. The summed E-state index contributed by atoms with van der Waals surface area (Å²) in [7, 11) is 0. The fourth-order valence-corrected chi connectivity index (χ4v) is 2.31. The zero-order valence-electron chi connectivity index (χ0n) is 12.2. The number of nitro groups is 1. The average Bonchev–Trinajstić information content (AvgIpc) is 3.03. The van der Waals surface area contributed by atoms with Gasteiger partial charge in [-0.05, 0) is 23.8 Å². The van der Waals surface area contributed by atoms with Gasteiger partial charge in [0.1, 0.15) is 5.75 Å². The molecule has 0 spiro atoms. The first kappa shape index (κ1) is 15.9. The number of nitrogens with one attached hydrogen (secondary N) is 1. The Labute approximate surface area is 145 Å². The first-order valence-corrected chi connectivity index (χ1v) is 7.65. The van der Waals surface area contributed by atoms with Gasteiger partial charge in [-0.3, -0.25) is 15.2 Å². The Hall–Kier alpha value is -3.00. The Morgan fingerprint density at radius 2 is 1.96 bits per heavy atom. The van der Waals surface area contributed by atoms with Gasteiger partial charge in [-0.25, -0.2) is 4.99 Å². The monoisotopic (exact) mass is 386 g/mol. The van der Waals surface area contributed by atoms with Crippen LogP contribution in [0, 0.1) is 10.1 Å². The molecule has 3 aromatic rings. The van der Waals surface area contributed by atoms with Gasteiger partial charge in [0.15, 0.2) is 5.82 Å². The van der Waals surface area contributed by atoms with Crippen molar-refractivity contribution < 1.29 is 10.0 Å². The molecule has 2 aromatic carbocycles. The summed E-state index contributed by atoms with van der Waals surface area (Å²) in [6.45, 7) is 0. The Kier molecular flexibility index (Phi) is 4.39. The van der Waals surface area contributed by atoms with Crippen molar-refractivity contribution in [3.05, 3.63) is 68.7 Å². The minimum Gasteiger partial charge on any atom is -0.507 e. The molecular formula is C16H11BrN4O3. The molecule has 0 aliphatic carbocycles. The van der Waals surface area contributed by atoms with E-state index in [9.17, 15) is 15.2 Å². The van der Waals surface area contributed by atoms with Gasteiger partial charge < -0.3 is 5.11 Å². The number of aliphatic imine (C=N–C) groups is 1. The van der Waals surface area contributed by atoms with Crippen molar-refractivity contribution in [2.75, 3.05) is 0 Å². The van der Waals surface area contributed by atoms with Gasteiger partial charge in [0.05, 0.1) is 10.6 Å². The van der Waals surface area contributed by atoms with E-state index < -0.39 is 4.92 Å². The maximum Gasteiger partial charge on any atom is 0.270 e. The minimum atomic E-state index is -0.531. The van der Waals surface area contributed by atoms with Crippen molar-refractivity contribution in [1.82, 2.24) is 10.2 Å². The highest BCUT2D eigenvalue weighted by molar-refractivity contribution is 9.10. The number of aromatic amines is 1. The number of hydrogen-bond donors (Lipinski definition) is 2. The number of rotatable bonds is 4. The molecule has 0 aliphatic rings. The van der Waals surface area contributed by atoms with Crippen LogP contribution in [0.5, 0.6) is 5.75 Å². The average molecular weight is 387 g/mol. The lowest BCUT2D eigenvalue weighted by molar-refractivity contribution is -0.384. The molecule has 24 heavy (non-hydrogen) atoms. The highest BCUT2D eigenvalue weighted by Crippen LogP contribution is 2.24. The predicted octanol–water partition coefficient (Wildman–Crippen LogP) is 4.20. The molecule has 0 saturated heterocycles. The number of nitrogens with zero attached hydrogens (tertiary/aromatic N) is 3. The first-order chi connectivity index (χ1) is 11.5. The van der Waals surface area contributed by atoms with Gasteiger partial charge in [-0.15, -0.1) is 0 Å². The Balaban J connectivity index is 1.84. The van der Waals surface area contributed by atoms with Gasteiger partial charge in [0, 0.05) is 34.4 Å². The van der Waals surface area contributed by atoms with Crippen molar-refractivity contribution in [3.8, 4) is 17.0 Å². The van der Waals surface area contributed by atoms with Crippen LogP contribution in [0.2, 0.25) is 0 Å². The molecule has 1 heterocycles. The second kappa shape index (κ2) is 6.63. The Morgan fingerprint density at radius 3 is 2.67 bits per heavy atom. The quantitative estimate of drug-likeness (QED) is 0.398. The van der Waals surface area contributed by atoms with E-state index in [1.165, 1.54) is 24.4 Å². The van der Waals surface area contributed by atoms with Crippen LogP contribution in [0.4, 0.5) is 11.5 Å². The van der Waals surface area contributed by atoms with Crippen molar-refractivity contribution in [1.29, 1.82) is 0 Å². The van der Waals surface area contributed by atoms with Gasteiger partial charge >= 0.3 is 0 Å². The third-order valence-corrected chi connectivity index (χ3v) is 3.81. The molecule has 0 amide bonds. The Morgan fingerprint density at radius 1 is 1.21 bits per heavy atom. The van der Waals surface area contributed by atoms with Crippen LogP contribution in [0.1, 0.15) is 5.56 Å². The molecule has 0 unspecified atom stereocenters. The van der Waals surface area contributed by atoms with Gasteiger partial charge in [0.25, 0.3) is 5.69 Å². The van der Waals surface area contributed by atoms with E-state index in [1.807, 2.05) is 24.3 Å². The smallest absolute Gasteiger partial charge is 0.270 e. The van der Waals surface area contributed by atoms with E-state index in [0.29, 0.717) is 5.82 Å². The summed E-state index contributed by atoms with van der Waals surface area (Å²) < 4.78 is 0.977. The second-order valence-corrected chi connectivity index (χ2v) is 5.82. The summed E-state index contributed by atoms with van der Waals surface area (Å²) in [5.74, 6) is 0.312. The van der Waals surface area contributed by atoms with E-state index >= 15 is 0 Å². The van der Waals surface area contributed by atoms with Crippen LogP contribution in [-0.4, -0.2) is 26.4 Å². The summed E-state index contributed by atoms with van der Waals surface area (Å²) in [5, 5.41) is 27.5. The molecule has 0 radical (unpaired) electrons. The molecule has 0 bridgehead atoms. The zero-order valence-corrected chi connectivity index (χ0v) is 13.8. The normalized spacial score (nSPS) is 11.0. The SMILES string of the molecule is O=[N+]([O-])c1ccc(O)c(C=Nc2cc(-c3ccc(Br)cc3)[nH]n2)c1. The first-order valence-electron chi connectivity index (χ1n) is 6.86. The van der Waals surface area contributed by atoms with Crippen molar-refractivity contribution in [3.63, 3.8) is 0 Å². The molecule has 120 valence electrons. The van der Waals surface area contributed by atoms with Gasteiger partial charge in [-0.1, -0.05) is 28.1 Å². The van der Waals surface area contributed by atoms with Crippen LogP contribution in [0.25, 0.3) is 11.3 Å². The number of benzene rings is 2. The van der Waals surface area contributed by atoms with Crippen molar-refractivity contribution in [2.45, 2.75) is 0 Å². The number of phenolic OH excluding ortho intramolecular Hbond substituents is 1. The summed E-state index contributed by atoms with van der Waals surface area (Å²) >= 11 is 3.38. The van der Waals surface area contributed by atoms with Crippen LogP contribution < -0.4 is 0 Å². The number of aromatic hydroxyl groups is 1. The number of non-ortho nitro benzene ring substituents is 1. The number of aromatic nitrogens is 2. The molecule has 1 aromatic heterocycles. The molecule has 0 atom stereocenters. The van der Waals surface area contributed by atoms with Crippen molar-refractivity contribution in [2.24, 2.45) is 4.99 Å². The maximum absolute atomic E-state index is 10.8. The summed E-state index contributed by atoms with van der Waals surface area (Å²) in [5.41, 5.74) is 1.87. The van der Waals surface area contributed by atoms with Crippen LogP contribution in [0.15, 0.2) is 58.0 Å². The van der Waals surface area contributed by atoms with E-state index in [2.05, 4.69) is 31.1 Å². The minimum absolute atomic E-state index is 0.0898. The number of phenols is 1. The number of H-pyrrole nitrogens is 1. The lowest BCUT2D eigenvalue weighted by Crippen LogP contribution is -1.90. The molecule has 0 saturated carbocycles. The Bertz CT molecular complexity index is 919. The van der Waals surface area contributed by atoms with E-state index in [0.717, 1.165) is 15.7 Å².